The number of carbonyl (C=O) groups is 1. The molecule has 4 heteroatoms. The van der Waals surface area contributed by atoms with Gasteiger partial charge < -0.3 is 10.8 Å². The summed E-state index contributed by atoms with van der Waals surface area (Å²) < 4.78 is 0. The second-order valence-electron chi connectivity index (χ2n) is 4.92. The highest BCUT2D eigenvalue weighted by atomic mass is 35.5. The minimum absolute atomic E-state index is 0. The molecule has 96 valence electrons. The zero-order valence-corrected chi connectivity index (χ0v) is 10.9. The highest BCUT2D eigenvalue weighted by Crippen LogP contribution is 2.33. The lowest BCUT2D eigenvalue weighted by atomic mass is 9.83. The lowest BCUT2D eigenvalue weighted by Crippen LogP contribution is -2.49. The largest absolute Gasteiger partial charge is 0.480 e. The van der Waals surface area contributed by atoms with Crippen LogP contribution in [0.4, 0.5) is 0 Å². The molecule has 16 heavy (non-hydrogen) atoms. The fraction of sp³-hybridized carbons (Fsp3) is 0.917. The maximum absolute atomic E-state index is 11.2. The number of unbranched alkanes of at least 4 members (excludes halogenated alkanes) is 1. The standard InChI is InChI=1S/C12H23NO2.ClH/c1-2-3-8-12(13,11(14)15)9-10-6-4-5-7-10;/h10H,2-9,13H2,1H3,(H,14,15);1H/t12-;/m1./s1. The van der Waals surface area contributed by atoms with Gasteiger partial charge in [-0.3, -0.25) is 4.79 Å². The van der Waals surface area contributed by atoms with Crippen LogP contribution in [0.15, 0.2) is 0 Å². The van der Waals surface area contributed by atoms with E-state index in [-0.39, 0.29) is 12.4 Å². The van der Waals surface area contributed by atoms with E-state index in [1.165, 1.54) is 25.7 Å². The van der Waals surface area contributed by atoms with Crippen LogP contribution >= 0.6 is 12.4 Å². The van der Waals surface area contributed by atoms with Crippen molar-refractivity contribution in [3.8, 4) is 0 Å². The molecule has 0 aliphatic heterocycles. The Morgan fingerprint density at radius 1 is 1.44 bits per heavy atom. The molecule has 3 N–H and O–H groups in total. The van der Waals surface area contributed by atoms with E-state index in [1.807, 2.05) is 0 Å². The summed E-state index contributed by atoms with van der Waals surface area (Å²) in [6, 6.07) is 0. The molecule has 1 aliphatic carbocycles. The van der Waals surface area contributed by atoms with Crippen molar-refractivity contribution in [2.75, 3.05) is 0 Å². The van der Waals surface area contributed by atoms with Crippen molar-refractivity contribution in [1.29, 1.82) is 0 Å². The topological polar surface area (TPSA) is 63.3 Å². The molecule has 1 aliphatic rings. The van der Waals surface area contributed by atoms with Gasteiger partial charge in [0.05, 0.1) is 0 Å². The van der Waals surface area contributed by atoms with E-state index in [4.69, 9.17) is 5.73 Å². The van der Waals surface area contributed by atoms with Crippen molar-refractivity contribution in [2.45, 2.75) is 63.8 Å². The summed E-state index contributed by atoms with van der Waals surface area (Å²) in [5.41, 5.74) is 5.04. The summed E-state index contributed by atoms with van der Waals surface area (Å²) >= 11 is 0. The molecule has 0 radical (unpaired) electrons. The number of halogens is 1. The van der Waals surface area contributed by atoms with Crippen molar-refractivity contribution >= 4 is 18.4 Å². The third-order valence-corrected chi connectivity index (χ3v) is 3.53. The summed E-state index contributed by atoms with van der Waals surface area (Å²) in [4.78, 5) is 11.2. The second kappa shape index (κ2) is 7.13. The molecule has 1 rings (SSSR count). The molecule has 0 aromatic heterocycles. The molecule has 0 heterocycles. The van der Waals surface area contributed by atoms with Gasteiger partial charge in [0.1, 0.15) is 5.54 Å². The van der Waals surface area contributed by atoms with Crippen molar-refractivity contribution in [1.82, 2.24) is 0 Å². The van der Waals surface area contributed by atoms with Gasteiger partial charge in [0.2, 0.25) is 0 Å². The molecule has 1 fully saturated rings. The first-order valence-electron chi connectivity index (χ1n) is 6.11. The van der Waals surface area contributed by atoms with Gasteiger partial charge in [-0.15, -0.1) is 12.4 Å². The van der Waals surface area contributed by atoms with Gasteiger partial charge in [0, 0.05) is 0 Å². The monoisotopic (exact) mass is 249 g/mol. The summed E-state index contributed by atoms with van der Waals surface area (Å²) in [5, 5.41) is 9.19. The zero-order chi connectivity index (χ0) is 11.3. The average molecular weight is 250 g/mol. The Kier molecular flexibility index (Phi) is 7.00. The first-order valence-corrected chi connectivity index (χ1v) is 6.11. The van der Waals surface area contributed by atoms with Crippen LogP contribution in [0, 0.1) is 5.92 Å². The number of hydrogen-bond donors (Lipinski definition) is 2. The van der Waals surface area contributed by atoms with E-state index in [0.717, 1.165) is 12.8 Å². The van der Waals surface area contributed by atoms with E-state index >= 15 is 0 Å². The quantitative estimate of drug-likeness (QED) is 0.761. The molecular weight excluding hydrogens is 226 g/mol. The molecule has 1 atom stereocenters. The fourth-order valence-electron chi connectivity index (χ4n) is 2.52. The highest BCUT2D eigenvalue weighted by Gasteiger charge is 2.36. The Bertz CT molecular complexity index is 217. The Morgan fingerprint density at radius 3 is 2.44 bits per heavy atom. The summed E-state index contributed by atoms with van der Waals surface area (Å²) in [6.07, 6.45) is 8.03. The van der Waals surface area contributed by atoms with Crippen LogP contribution in [-0.4, -0.2) is 16.6 Å². The Hall–Kier alpha value is -0.280. The molecule has 0 bridgehead atoms. The molecule has 3 nitrogen and oxygen atoms in total. The Labute approximate surface area is 104 Å². The van der Waals surface area contributed by atoms with Gasteiger partial charge in [-0.1, -0.05) is 45.4 Å². The van der Waals surface area contributed by atoms with Gasteiger partial charge in [-0.05, 0) is 18.8 Å². The third kappa shape index (κ3) is 4.30. The highest BCUT2D eigenvalue weighted by molar-refractivity contribution is 5.85. The second-order valence-corrected chi connectivity index (χ2v) is 4.92. The summed E-state index contributed by atoms with van der Waals surface area (Å²) in [7, 11) is 0. The number of aliphatic carboxylic acids is 1. The van der Waals surface area contributed by atoms with E-state index in [9.17, 15) is 9.90 Å². The van der Waals surface area contributed by atoms with Crippen LogP contribution < -0.4 is 5.73 Å². The van der Waals surface area contributed by atoms with Crippen LogP contribution in [0.2, 0.25) is 0 Å². The number of nitrogens with two attached hydrogens (primary N) is 1. The van der Waals surface area contributed by atoms with E-state index in [1.54, 1.807) is 0 Å². The fourth-order valence-corrected chi connectivity index (χ4v) is 2.52. The average Bonchev–Trinajstić information content (AvgIpc) is 2.67. The van der Waals surface area contributed by atoms with Gasteiger partial charge >= 0.3 is 5.97 Å². The van der Waals surface area contributed by atoms with Gasteiger partial charge in [0.15, 0.2) is 0 Å². The van der Waals surface area contributed by atoms with Gasteiger partial charge in [-0.25, -0.2) is 0 Å². The van der Waals surface area contributed by atoms with E-state index in [2.05, 4.69) is 6.92 Å². The minimum atomic E-state index is -0.967. The summed E-state index contributed by atoms with van der Waals surface area (Å²) in [5.74, 6) is -0.272. The molecule has 0 saturated heterocycles. The Morgan fingerprint density at radius 2 is 2.00 bits per heavy atom. The van der Waals surface area contributed by atoms with Crippen molar-refractivity contribution in [3.63, 3.8) is 0 Å². The molecule has 0 aromatic rings. The predicted octanol–water partition coefficient (Wildman–Crippen LogP) is 2.96. The van der Waals surface area contributed by atoms with Crippen LogP contribution in [0.25, 0.3) is 0 Å². The molecular formula is C12H24ClNO2. The van der Waals surface area contributed by atoms with Crippen molar-refractivity contribution < 1.29 is 9.90 Å². The molecule has 0 unspecified atom stereocenters. The maximum Gasteiger partial charge on any atom is 0.323 e. The molecule has 0 spiro atoms. The lowest BCUT2D eigenvalue weighted by molar-refractivity contribution is -0.144. The first kappa shape index (κ1) is 15.7. The van der Waals surface area contributed by atoms with Crippen molar-refractivity contribution in [2.24, 2.45) is 11.7 Å². The predicted molar refractivity (Wildman–Crippen MR) is 67.9 cm³/mol. The van der Waals surface area contributed by atoms with Crippen molar-refractivity contribution in [3.05, 3.63) is 0 Å². The minimum Gasteiger partial charge on any atom is -0.480 e. The maximum atomic E-state index is 11.2. The zero-order valence-electron chi connectivity index (χ0n) is 10.1. The van der Waals surface area contributed by atoms with Gasteiger partial charge in [-0.2, -0.15) is 0 Å². The Balaban J connectivity index is 0.00000225. The van der Waals surface area contributed by atoms with Crippen LogP contribution in [-0.2, 0) is 4.79 Å². The number of carboxylic acids is 1. The first-order chi connectivity index (χ1) is 7.08. The number of carboxylic acid groups (broad SMARTS) is 1. The molecule has 0 aromatic carbocycles. The van der Waals surface area contributed by atoms with Gasteiger partial charge in [0.25, 0.3) is 0 Å². The van der Waals surface area contributed by atoms with Crippen LogP contribution in [0.3, 0.4) is 0 Å². The van der Waals surface area contributed by atoms with E-state index in [0.29, 0.717) is 18.8 Å². The SMILES string of the molecule is CCCC[C@@](N)(CC1CCCC1)C(=O)O.Cl. The summed E-state index contributed by atoms with van der Waals surface area (Å²) in [6.45, 7) is 2.07. The number of rotatable bonds is 6. The molecule has 1 saturated carbocycles. The lowest BCUT2D eigenvalue weighted by Gasteiger charge is -2.27. The number of hydrogen-bond acceptors (Lipinski definition) is 2. The van der Waals surface area contributed by atoms with E-state index < -0.39 is 11.5 Å². The third-order valence-electron chi connectivity index (χ3n) is 3.53. The smallest absolute Gasteiger partial charge is 0.323 e. The normalized spacial score (nSPS) is 20.1. The molecule has 0 amide bonds. The van der Waals surface area contributed by atoms with Crippen LogP contribution in [0.5, 0.6) is 0 Å². The van der Waals surface area contributed by atoms with Crippen LogP contribution in [0.1, 0.15) is 58.3 Å².